The molecule has 3 nitrogen and oxygen atoms in total. The van der Waals surface area contributed by atoms with Gasteiger partial charge < -0.3 is 4.74 Å². The van der Waals surface area contributed by atoms with Crippen molar-refractivity contribution in [2.24, 2.45) is 0 Å². The third-order valence-corrected chi connectivity index (χ3v) is 1.95. The number of hydrogen-bond acceptors (Lipinski definition) is 3. The van der Waals surface area contributed by atoms with E-state index in [1.165, 1.54) is 0 Å². The van der Waals surface area contributed by atoms with E-state index >= 15 is 0 Å². The van der Waals surface area contributed by atoms with Gasteiger partial charge in [-0.3, -0.25) is 0 Å². The van der Waals surface area contributed by atoms with Gasteiger partial charge >= 0.3 is 6.01 Å². The van der Waals surface area contributed by atoms with Crippen molar-refractivity contribution in [3.8, 4) is 6.01 Å². The van der Waals surface area contributed by atoms with Gasteiger partial charge in [-0.15, -0.1) is 0 Å². The molecule has 16 heavy (non-hydrogen) atoms. The van der Waals surface area contributed by atoms with Crippen LogP contribution in [0.25, 0.3) is 0 Å². The Morgan fingerprint density at radius 2 is 1.62 bits per heavy atom. The van der Waals surface area contributed by atoms with Crippen molar-refractivity contribution in [1.82, 2.24) is 9.97 Å². The van der Waals surface area contributed by atoms with Crippen LogP contribution in [0.1, 0.15) is 33.3 Å². The van der Waals surface area contributed by atoms with Crippen LogP contribution in [0.5, 0.6) is 6.01 Å². The highest BCUT2D eigenvalue weighted by Gasteiger charge is 2.23. The van der Waals surface area contributed by atoms with E-state index in [0.29, 0.717) is 0 Å². The average Bonchev–Trinajstić information content (AvgIpc) is 2.13. The van der Waals surface area contributed by atoms with Crippen LogP contribution in [0.2, 0.25) is 0 Å². The lowest BCUT2D eigenvalue weighted by atomic mass is 9.89. The predicted molar refractivity (Wildman–Crippen MR) is 56.8 cm³/mol. The smallest absolute Gasteiger partial charge is 0.316 e. The van der Waals surface area contributed by atoms with Crippen molar-refractivity contribution in [2.45, 2.75) is 39.0 Å². The van der Waals surface area contributed by atoms with Gasteiger partial charge in [0.05, 0.1) is 0 Å². The molecule has 0 aliphatic carbocycles. The number of nitrogens with zero attached hydrogens (tertiary/aromatic N) is 2. The van der Waals surface area contributed by atoms with Gasteiger partial charge in [0.2, 0.25) is 0 Å². The molecular formula is C11H16F2N2O. The third kappa shape index (κ3) is 4.08. The second-order valence-corrected chi connectivity index (χ2v) is 4.86. The zero-order valence-corrected chi connectivity index (χ0v) is 9.92. The molecule has 0 fully saturated rings. The fraction of sp³-hybridized carbons (Fsp3) is 0.636. The minimum absolute atomic E-state index is 0.0190. The molecule has 0 unspecified atom stereocenters. The standard InChI is InChI=1S/C11H16F2N2O/c1-10(2,3)8-5-14-9(15-6-8)16-7-11(4,12)13/h5-6H,7H2,1-4H3. The summed E-state index contributed by atoms with van der Waals surface area (Å²) < 4.78 is 29.8. The molecule has 0 spiro atoms. The second-order valence-electron chi connectivity index (χ2n) is 4.86. The monoisotopic (exact) mass is 230 g/mol. The van der Waals surface area contributed by atoms with Crippen LogP contribution in [0.4, 0.5) is 8.78 Å². The maximum absolute atomic E-state index is 12.5. The van der Waals surface area contributed by atoms with E-state index in [4.69, 9.17) is 4.74 Å². The molecule has 0 saturated heterocycles. The first-order valence-corrected chi connectivity index (χ1v) is 5.02. The van der Waals surface area contributed by atoms with Crippen molar-refractivity contribution in [2.75, 3.05) is 6.61 Å². The average molecular weight is 230 g/mol. The van der Waals surface area contributed by atoms with Crippen LogP contribution >= 0.6 is 0 Å². The number of hydrogen-bond donors (Lipinski definition) is 0. The topological polar surface area (TPSA) is 35.0 Å². The summed E-state index contributed by atoms with van der Waals surface area (Å²) in [6.07, 6.45) is 3.19. The molecule has 0 aliphatic heterocycles. The van der Waals surface area contributed by atoms with Crippen LogP contribution in [0.3, 0.4) is 0 Å². The van der Waals surface area contributed by atoms with E-state index in [2.05, 4.69) is 9.97 Å². The molecule has 90 valence electrons. The Hall–Kier alpha value is -1.26. The first-order valence-electron chi connectivity index (χ1n) is 5.02. The SMILES string of the molecule is CC(F)(F)COc1ncc(C(C)(C)C)cn1. The molecule has 0 saturated carbocycles. The third-order valence-electron chi connectivity index (χ3n) is 1.95. The van der Waals surface area contributed by atoms with Crippen LogP contribution in [0, 0.1) is 0 Å². The zero-order chi connectivity index (χ0) is 12.4. The lowest BCUT2D eigenvalue weighted by Gasteiger charge is -2.18. The molecule has 1 rings (SSSR count). The highest BCUT2D eigenvalue weighted by molar-refractivity contribution is 5.16. The molecule has 0 aliphatic rings. The Bertz CT molecular complexity index is 338. The molecule has 0 N–H and O–H groups in total. The van der Waals surface area contributed by atoms with Crippen molar-refractivity contribution >= 4 is 0 Å². The number of halogens is 2. The fourth-order valence-corrected chi connectivity index (χ4v) is 0.969. The summed E-state index contributed by atoms with van der Waals surface area (Å²) in [6, 6.07) is -0.0190. The van der Waals surface area contributed by atoms with Crippen molar-refractivity contribution in [1.29, 1.82) is 0 Å². The predicted octanol–water partition coefficient (Wildman–Crippen LogP) is 2.81. The quantitative estimate of drug-likeness (QED) is 0.800. The van der Waals surface area contributed by atoms with E-state index in [0.717, 1.165) is 12.5 Å². The first-order chi connectivity index (χ1) is 7.18. The molecule has 5 heteroatoms. The lowest BCUT2D eigenvalue weighted by molar-refractivity contribution is -0.0256. The van der Waals surface area contributed by atoms with Crippen molar-refractivity contribution in [3.05, 3.63) is 18.0 Å². The van der Waals surface area contributed by atoms with Gasteiger partial charge in [-0.05, 0) is 11.0 Å². The Labute approximate surface area is 93.9 Å². The number of ether oxygens (including phenoxy) is 1. The molecule has 0 atom stereocenters. The molecule has 1 aromatic rings. The van der Waals surface area contributed by atoms with E-state index in [-0.39, 0.29) is 11.4 Å². The molecule has 0 aromatic carbocycles. The molecule has 0 radical (unpaired) electrons. The number of alkyl halides is 2. The van der Waals surface area contributed by atoms with E-state index < -0.39 is 12.5 Å². The summed E-state index contributed by atoms with van der Waals surface area (Å²) in [6.45, 7) is 6.14. The lowest BCUT2D eigenvalue weighted by Crippen LogP contribution is -2.22. The van der Waals surface area contributed by atoms with Crippen LogP contribution < -0.4 is 4.74 Å². The van der Waals surface area contributed by atoms with Crippen LogP contribution in [-0.2, 0) is 5.41 Å². The van der Waals surface area contributed by atoms with E-state index in [1.807, 2.05) is 20.8 Å². The van der Waals surface area contributed by atoms with E-state index in [1.54, 1.807) is 12.4 Å². The summed E-state index contributed by atoms with van der Waals surface area (Å²) in [4.78, 5) is 7.76. The largest absolute Gasteiger partial charge is 0.457 e. The van der Waals surface area contributed by atoms with Crippen LogP contribution in [0.15, 0.2) is 12.4 Å². The first kappa shape index (κ1) is 12.8. The Morgan fingerprint density at radius 3 is 2.00 bits per heavy atom. The summed E-state index contributed by atoms with van der Waals surface area (Å²) in [5.74, 6) is -2.87. The summed E-state index contributed by atoms with van der Waals surface area (Å²) in [5.41, 5.74) is 0.871. The fourth-order valence-electron chi connectivity index (χ4n) is 0.969. The number of aromatic nitrogens is 2. The summed E-state index contributed by atoms with van der Waals surface area (Å²) >= 11 is 0. The molecule has 1 heterocycles. The van der Waals surface area contributed by atoms with Crippen molar-refractivity contribution < 1.29 is 13.5 Å². The van der Waals surface area contributed by atoms with Gasteiger partial charge in [-0.1, -0.05) is 20.8 Å². The van der Waals surface area contributed by atoms with Gasteiger partial charge in [0, 0.05) is 19.3 Å². The molecule has 1 aromatic heterocycles. The number of rotatable bonds is 3. The van der Waals surface area contributed by atoms with Crippen molar-refractivity contribution in [3.63, 3.8) is 0 Å². The Morgan fingerprint density at radius 1 is 1.12 bits per heavy atom. The summed E-state index contributed by atoms with van der Waals surface area (Å²) in [5, 5.41) is 0. The molecule has 0 amide bonds. The highest BCUT2D eigenvalue weighted by atomic mass is 19.3. The van der Waals surface area contributed by atoms with E-state index in [9.17, 15) is 8.78 Å². The Kier molecular flexibility index (Phi) is 3.45. The molecular weight excluding hydrogens is 214 g/mol. The van der Waals surface area contributed by atoms with Gasteiger partial charge in [-0.25, -0.2) is 18.7 Å². The summed E-state index contributed by atoms with van der Waals surface area (Å²) in [7, 11) is 0. The van der Waals surface area contributed by atoms with Gasteiger partial charge in [0.15, 0.2) is 6.61 Å². The Balaban J connectivity index is 2.66. The van der Waals surface area contributed by atoms with Crippen LogP contribution in [-0.4, -0.2) is 22.5 Å². The minimum Gasteiger partial charge on any atom is -0.457 e. The highest BCUT2D eigenvalue weighted by Crippen LogP contribution is 2.21. The maximum atomic E-state index is 12.5. The normalized spacial score (nSPS) is 12.6. The van der Waals surface area contributed by atoms with Gasteiger partial charge in [-0.2, -0.15) is 0 Å². The molecule has 0 bridgehead atoms. The zero-order valence-electron chi connectivity index (χ0n) is 9.92. The van der Waals surface area contributed by atoms with Gasteiger partial charge in [0.25, 0.3) is 5.92 Å². The second kappa shape index (κ2) is 4.31. The minimum atomic E-state index is -2.87. The van der Waals surface area contributed by atoms with Gasteiger partial charge in [0.1, 0.15) is 0 Å². The maximum Gasteiger partial charge on any atom is 0.316 e.